The van der Waals surface area contributed by atoms with E-state index in [4.69, 9.17) is 4.74 Å². The molecule has 1 saturated heterocycles. The third-order valence-electron chi connectivity index (χ3n) is 4.29. The molecule has 166 valence electrons. The number of carbonyl (C=O) groups is 2. The first kappa shape index (κ1) is 23.7. The van der Waals surface area contributed by atoms with E-state index in [1.807, 2.05) is 4.90 Å². The smallest absolute Gasteiger partial charge is 0.245 e. The minimum atomic E-state index is -2.32. The molecule has 1 fully saturated rings. The molecule has 2 amide bonds. The molecule has 0 saturated carbocycles. The summed E-state index contributed by atoms with van der Waals surface area (Å²) in [6, 6.07) is -1.37. The Balaban J connectivity index is 1.92. The van der Waals surface area contributed by atoms with E-state index >= 15 is 0 Å². The van der Waals surface area contributed by atoms with Crippen LogP contribution in [0.4, 0.5) is 22.0 Å². The first-order valence-corrected chi connectivity index (χ1v) is 8.95. The molecule has 0 bridgehead atoms. The van der Waals surface area contributed by atoms with Crippen LogP contribution >= 0.6 is 0 Å². The summed E-state index contributed by atoms with van der Waals surface area (Å²) in [4.78, 5) is 25.9. The van der Waals surface area contributed by atoms with Crippen molar-refractivity contribution in [3.05, 3.63) is 40.7 Å². The summed E-state index contributed by atoms with van der Waals surface area (Å²) in [7, 11) is 0. The standard InChI is InChI=1S/C18H20F5N3O4/c19-13-10(14(20)16(22)17(23)15(13)21)1-2-12(28)25-11(9-27)18(29)24-3-4-26-5-7-30-8-6-26/h1-2,11,27H,3-9H2,(H,24,29)(H,25,28). The van der Waals surface area contributed by atoms with Gasteiger partial charge in [-0.1, -0.05) is 0 Å². The first-order chi connectivity index (χ1) is 14.3. The Kier molecular flexibility index (Phi) is 8.69. The van der Waals surface area contributed by atoms with Gasteiger partial charge in [0.25, 0.3) is 0 Å². The molecule has 30 heavy (non-hydrogen) atoms. The van der Waals surface area contributed by atoms with Crippen LogP contribution in [-0.4, -0.2) is 73.9 Å². The van der Waals surface area contributed by atoms with E-state index < -0.39 is 59.1 Å². The van der Waals surface area contributed by atoms with Gasteiger partial charge in [0, 0.05) is 32.3 Å². The highest BCUT2D eigenvalue weighted by molar-refractivity contribution is 5.95. The number of carbonyl (C=O) groups excluding carboxylic acids is 2. The Hall–Kier alpha value is -2.57. The summed E-state index contributed by atoms with van der Waals surface area (Å²) in [5.74, 6) is -12.6. The van der Waals surface area contributed by atoms with Gasteiger partial charge in [0.05, 0.1) is 25.4 Å². The Labute approximate surface area is 168 Å². The van der Waals surface area contributed by atoms with Crippen LogP contribution in [-0.2, 0) is 14.3 Å². The average molecular weight is 437 g/mol. The number of morpholine rings is 1. The zero-order valence-corrected chi connectivity index (χ0v) is 15.7. The van der Waals surface area contributed by atoms with Crippen molar-refractivity contribution >= 4 is 17.9 Å². The quantitative estimate of drug-likeness (QED) is 0.236. The maximum atomic E-state index is 13.6. The lowest BCUT2D eigenvalue weighted by Gasteiger charge is -2.26. The van der Waals surface area contributed by atoms with Gasteiger partial charge in [-0.15, -0.1) is 0 Å². The molecule has 12 heteroatoms. The predicted molar refractivity (Wildman–Crippen MR) is 94.6 cm³/mol. The zero-order valence-electron chi connectivity index (χ0n) is 15.7. The first-order valence-electron chi connectivity index (χ1n) is 8.95. The van der Waals surface area contributed by atoms with E-state index in [0.717, 1.165) is 0 Å². The second-order valence-corrected chi connectivity index (χ2v) is 6.31. The predicted octanol–water partition coefficient (Wildman–Crippen LogP) is 0.321. The van der Waals surface area contributed by atoms with Crippen LogP contribution in [0.3, 0.4) is 0 Å². The molecule has 0 radical (unpaired) electrons. The number of rotatable bonds is 8. The number of benzene rings is 1. The van der Waals surface area contributed by atoms with E-state index in [1.54, 1.807) is 0 Å². The topological polar surface area (TPSA) is 90.9 Å². The molecule has 0 aliphatic carbocycles. The Morgan fingerprint density at radius 3 is 2.17 bits per heavy atom. The van der Waals surface area contributed by atoms with Crippen molar-refractivity contribution < 1.29 is 41.4 Å². The second kappa shape index (κ2) is 11.0. The van der Waals surface area contributed by atoms with Crippen LogP contribution < -0.4 is 10.6 Å². The van der Waals surface area contributed by atoms with E-state index in [2.05, 4.69) is 10.6 Å². The van der Waals surface area contributed by atoms with Crippen molar-refractivity contribution in [2.24, 2.45) is 0 Å². The van der Waals surface area contributed by atoms with Crippen LogP contribution in [0.2, 0.25) is 0 Å². The van der Waals surface area contributed by atoms with Gasteiger partial charge in [0.1, 0.15) is 6.04 Å². The fourth-order valence-electron chi connectivity index (χ4n) is 2.63. The van der Waals surface area contributed by atoms with Gasteiger partial charge in [-0.2, -0.15) is 0 Å². The van der Waals surface area contributed by atoms with Crippen molar-refractivity contribution in [1.82, 2.24) is 15.5 Å². The zero-order chi connectivity index (χ0) is 22.3. The number of hydrogen-bond donors (Lipinski definition) is 3. The highest BCUT2D eigenvalue weighted by Crippen LogP contribution is 2.23. The van der Waals surface area contributed by atoms with Gasteiger partial charge >= 0.3 is 0 Å². The summed E-state index contributed by atoms with van der Waals surface area (Å²) in [5, 5.41) is 13.9. The number of nitrogens with zero attached hydrogens (tertiary/aromatic N) is 1. The molecule has 2 rings (SSSR count). The summed E-state index contributed by atoms with van der Waals surface area (Å²) in [6.45, 7) is 2.58. The third kappa shape index (κ3) is 5.97. The van der Waals surface area contributed by atoms with Crippen molar-refractivity contribution in [3.8, 4) is 0 Å². The van der Waals surface area contributed by atoms with E-state index in [1.165, 1.54) is 0 Å². The van der Waals surface area contributed by atoms with Crippen LogP contribution in [0.1, 0.15) is 5.56 Å². The molecule has 0 aromatic heterocycles. The highest BCUT2D eigenvalue weighted by Gasteiger charge is 2.25. The molecular formula is C18H20F5N3O4. The summed E-state index contributed by atoms with van der Waals surface area (Å²) in [6.07, 6.45) is 0.873. The molecule has 3 N–H and O–H groups in total. The van der Waals surface area contributed by atoms with Crippen LogP contribution in [0.15, 0.2) is 6.08 Å². The molecule has 1 aliphatic heterocycles. The number of nitrogens with one attached hydrogen (secondary N) is 2. The minimum Gasteiger partial charge on any atom is -0.394 e. The number of halogens is 5. The average Bonchev–Trinajstić information content (AvgIpc) is 2.75. The Morgan fingerprint density at radius 2 is 1.60 bits per heavy atom. The van der Waals surface area contributed by atoms with Gasteiger partial charge in [0.2, 0.25) is 17.6 Å². The fraction of sp³-hybridized carbons (Fsp3) is 0.444. The van der Waals surface area contributed by atoms with Gasteiger partial charge in [-0.25, -0.2) is 22.0 Å². The lowest BCUT2D eigenvalue weighted by atomic mass is 10.1. The fourth-order valence-corrected chi connectivity index (χ4v) is 2.63. The summed E-state index contributed by atoms with van der Waals surface area (Å²) >= 11 is 0. The van der Waals surface area contributed by atoms with Crippen molar-refractivity contribution in [2.45, 2.75) is 6.04 Å². The molecule has 0 spiro atoms. The van der Waals surface area contributed by atoms with Gasteiger partial charge in [-0.05, 0) is 6.08 Å². The van der Waals surface area contributed by atoms with Gasteiger partial charge in [0.15, 0.2) is 23.3 Å². The van der Waals surface area contributed by atoms with Crippen LogP contribution in [0.25, 0.3) is 6.08 Å². The van der Waals surface area contributed by atoms with E-state index in [-0.39, 0.29) is 6.54 Å². The normalized spacial score (nSPS) is 15.9. The number of aliphatic hydroxyl groups excluding tert-OH is 1. The highest BCUT2D eigenvalue weighted by atomic mass is 19.2. The SMILES string of the molecule is O=C(C=Cc1c(F)c(F)c(F)c(F)c1F)NC(CO)C(=O)NCCN1CCOCC1. The van der Waals surface area contributed by atoms with Crippen molar-refractivity contribution in [3.63, 3.8) is 0 Å². The van der Waals surface area contributed by atoms with Gasteiger partial charge in [-0.3, -0.25) is 14.5 Å². The number of aliphatic hydroxyl groups is 1. The second-order valence-electron chi connectivity index (χ2n) is 6.31. The molecule has 1 unspecified atom stereocenters. The largest absolute Gasteiger partial charge is 0.394 e. The van der Waals surface area contributed by atoms with Gasteiger partial charge < -0.3 is 20.5 Å². The minimum absolute atomic E-state index is 0.242. The molecule has 1 aliphatic rings. The monoisotopic (exact) mass is 437 g/mol. The molecule has 1 heterocycles. The summed E-state index contributed by atoms with van der Waals surface area (Å²) in [5.41, 5.74) is -1.31. The number of ether oxygens (including phenoxy) is 1. The molecule has 1 aromatic carbocycles. The van der Waals surface area contributed by atoms with Crippen LogP contribution in [0.5, 0.6) is 0 Å². The maximum absolute atomic E-state index is 13.6. The van der Waals surface area contributed by atoms with E-state index in [9.17, 15) is 36.6 Å². The Morgan fingerprint density at radius 1 is 1.03 bits per heavy atom. The van der Waals surface area contributed by atoms with Crippen molar-refractivity contribution in [2.75, 3.05) is 46.0 Å². The van der Waals surface area contributed by atoms with E-state index in [0.29, 0.717) is 45.0 Å². The lowest BCUT2D eigenvalue weighted by Crippen LogP contribution is -2.50. The lowest BCUT2D eigenvalue weighted by molar-refractivity contribution is -0.128. The number of amides is 2. The van der Waals surface area contributed by atoms with Crippen LogP contribution in [0, 0.1) is 29.1 Å². The molecule has 1 aromatic rings. The third-order valence-corrected chi connectivity index (χ3v) is 4.29. The number of hydrogen-bond acceptors (Lipinski definition) is 5. The molecule has 7 nitrogen and oxygen atoms in total. The molecule has 1 atom stereocenters. The molecular weight excluding hydrogens is 417 g/mol. The Bertz CT molecular complexity index is 786. The summed E-state index contributed by atoms with van der Waals surface area (Å²) < 4.78 is 71.7. The van der Waals surface area contributed by atoms with Crippen molar-refractivity contribution in [1.29, 1.82) is 0 Å². The maximum Gasteiger partial charge on any atom is 0.245 e.